The summed E-state index contributed by atoms with van der Waals surface area (Å²) in [5.41, 5.74) is 0. The highest BCUT2D eigenvalue weighted by Crippen LogP contribution is 2.15. The van der Waals surface area contributed by atoms with Crippen LogP contribution < -0.4 is 0 Å². The second kappa shape index (κ2) is 7.76. The van der Waals surface area contributed by atoms with E-state index in [1.54, 1.807) is 7.11 Å². The molecule has 1 saturated heterocycles. The highest BCUT2D eigenvalue weighted by molar-refractivity contribution is 5.82. The molecule has 0 amide bonds. The summed E-state index contributed by atoms with van der Waals surface area (Å²) in [4.78, 5) is 13.8. The van der Waals surface area contributed by atoms with Crippen molar-refractivity contribution in [1.82, 2.24) is 4.90 Å². The zero-order valence-corrected chi connectivity index (χ0v) is 10.4. The molecule has 1 unspecified atom stereocenters. The van der Waals surface area contributed by atoms with E-state index in [-0.39, 0.29) is 5.92 Å². The van der Waals surface area contributed by atoms with Gasteiger partial charge >= 0.3 is 0 Å². The quantitative estimate of drug-likeness (QED) is 0.609. The Hall–Kier alpha value is -0.450. The summed E-state index contributed by atoms with van der Waals surface area (Å²) >= 11 is 0. The van der Waals surface area contributed by atoms with Crippen LogP contribution in [0.2, 0.25) is 0 Å². The number of hydrogen-bond acceptors (Lipinski definition) is 4. The third-order valence-corrected chi connectivity index (χ3v) is 3.08. The van der Waals surface area contributed by atoms with E-state index in [0.29, 0.717) is 25.4 Å². The van der Waals surface area contributed by atoms with Gasteiger partial charge in [-0.05, 0) is 6.42 Å². The number of carbonyl (C=O) groups excluding carboxylic acids is 1. The molecule has 1 rings (SSSR count). The molecule has 1 atom stereocenters. The van der Waals surface area contributed by atoms with Gasteiger partial charge in [-0.2, -0.15) is 0 Å². The lowest BCUT2D eigenvalue weighted by Gasteiger charge is -2.31. The van der Waals surface area contributed by atoms with Crippen LogP contribution in [-0.4, -0.2) is 57.2 Å². The van der Waals surface area contributed by atoms with Crippen molar-refractivity contribution >= 4 is 5.78 Å². The number of carbonyl (C=O) groups is 1. The van der Waals surface area contributed by atoms with Gasteiger partial charge in [-0.1, -0.05) is 6.92 Å². The average Bonchev–Trinajstić information content (AvgIpc) is 2.31. The second-order valence-electron chi connectivity index (χ2n) is 4.23. The lowest BCUT2D eigenvalue weighted by atomic mass is 9.94. The van der Waals surface area contributed by atoms with Crippen molar-refractivity contribution < 1.29 is 14.3 Å². The van der Waals surface area contributed by atoms with Gasteiger partial charge in [0.05, 0.1) is 19.8 Å². The lowest BCUT2D eigenvalue weighted by Crippen LogP contribution is -2.42. The number of nitrogens with zero attached hydrogens (tertiary/aromatic N) is 1. The number of rotatable bonds is 7. The first-order chi connectivity index (χ1) is 7.77. The summed E-state index contributed by atoms with van der Waals surface area (Å²) in [6.07, 6.45) is 1.66. The van der Waals surface area contributed by atoms with E-state index < -0.39 is 0 Å². The Kier molecular flexibility index (Phi) is 6.61. The molecule has 0 N–H and O–H groups in total. The SMILES string of the molecule is CCC1CN(CCOCCOC)CCC1=O. The van der Waals surface area contributed by atoms with E-state index in [9.17, 15) is 4.79 Å². The molecule has 0 aromatic heterocycles. The van der Waals surface area contributed by atoms with Gasteiger partial charge in [-0.3, -0.25) is 9.69 Å². The van der Waals surface area contributed by atoms with Crippen LogP contribution in [-0.2, 0) is 14.3 Å². The summed E-state index contributed by atoms with van der Waals surface area (Å²) < 4.78 is 10.3. The molecule has 16 heavy (non-hydrogen) atoms. The van der Waals surface area contributed by atoms with E-state index in [4.69, 9.17) is 9.47 Å². The van der Waals surface area contributed by atoms with Gasteiger partial charge in [0.2, 0.25) is 0 Å². The molecule has 1 heterocycles. The molecule has 0 bridgehead atoms. The highest BCUT2D eigenvalue weighted by atomic mass is 16.5. The number of methoxy groups -OCH3 is 1. The summed E-state index contributed by atoms with van der Waals surface area (Å²) in [5.74, 6) is 0.673. The highest BCUT2D eigenvalue weighted by Gasteiger charge is 2.24. The van der Waals surface area contributed by atoms with E-state index >= 15 is 0 Å². The largest absolute Gasteiger partial charge is 0.382 e. The normalized spacial score (nSPS) is 22.6. The molecule has 94 valence electrons. The van der Waals surface area contributed by atoms with Gasteiger partial charge in [0, 0.05) is 39.1 Å². The Balaban J connectivity index is 2.11. The minimum atomic E-state index is 0.243. The fraction of sp³-hybridized carbons (Fsp3) is 0.917. The van der Waals surface area contributed by atoms with Crippen molar-refractivity contribution in [2.24, 2.45) is 5.92 Å². The molecule has 0 saturated carbocycles. The van der Waals surface area contributed by atoms with Crippen molar-refractivity contribution in [3.63, 3.8) is 0 Å². The van der Waals surface area contributed by atoms with Gasteiger partial charge in [0.25, 0.3) is 0 Å². The number of Topliss-reactive ketones (excluding diaryl/α,β-unsaturated/α-hetero) is 1. The van der Waals surface area contributed by atoms with Gasteiger partial charge in [-0.15, -0.1) is 0 Å². The van der Waals surface area contributed by atoms with E-state index in [1.165, 1.54) is 0 Å². The predicted molar refractivity (Wildman–Crippen MR) is 62.5 cm³/mol. The maximum Gasteiger partial charge on any atom is 0.138 e. The van der Waals surface area contributed by atoms with Crippen LogP contribution in [0.5, 0.6) is 0 Å². The van der Waals surface area contributed by atoms with Crippen LogP contribution in [0.25, 0.3) is 0 Å². The van der Waals surface area contributed by atoms with Crippen LogP contribution in [0.15, 0.2) is 0 Å². The predicted octanol–water partition coefficient (Wildman–Crippen LogP) is 0.950. The first-order valence-corrected chi connectivity index (χ1v) is 6.09. The minimum Gasteiger partial charge on any atom is -0.382 e. The Labute approximate surface area is 97.9 Å². The molecule has 0 aromatic rings. The minimum absolute atomic E-state index is 0.243. The molecule has 0 spiro atoms. The van der Waals surface area contributed by atoms with Crippen molar-refractivity contribution in [2.75, 3.05) is 46.6 Å². The number of ether oxygens (including phenoxy) is 2. The molecule has 1 aliphatic rings. The van der Waals surface area contributed by atoms with Crippen LogP contribution >= 0.6 is 0 Å². The monoisotopic (exact) mass is 229 g/mol. The van der Waals surface area contributed by atoms with Crippen LogP contribution in [0.1, 0.15) is 19.8 Å². The van der Waals surface area contributed by atoms with Crippen molar-refractivity contribution in [2.45, 2.75) is 19.8 Å². The smallest absolute Gasteiger partial charge is 0.138 e. The molecule has 0 aliphatic carbocycles. The zero-order valence-electron chi connectivity index (χ0n) is 10.4. The summed E-state index contributed by atoms with van der Waals surface area (Å²) in [6, 6.07) is 0. The Morgan fingerprint density at radius 3 is 2.88 bits per heavy atom. The lowest BCUT2D eigenvalue weighted by molar-refractivity contribution is -0.126. The van der Waals surface area contributed by atoms with Crippen LogP contribution in [0.3, 0.4) is 0 Å². The fourth-order valence-electron chi connectivity index (χ4n) is 1.98. The first kappa shape index (κ1) is 13.6. The average molecular weight is 229 g/mol. The molecule has 4 heteroatoms. The van der Waals surface area contributed by atoms with Crippen molar-refractivity contribution in [3.05, 3.63) is 0 Å². The van der Waals surface area contributed by atoms with E-state index in [2.05, 4.69) is 11.8 Å². The van der Waals surface area contributed by atoms with Gasteiger partial charge in [0.1, 0.15) is 5.78 Å². The molecule has 1 fully saturated rings. The summed E-state index contributed by atoms with van der Waals surface area (Å²) in [6.45, 7) is 6.84. The summed E-state index contributed by atoms with van der Waals surface area (Å²) in [7, 11) is 1.67. The van der Waals surface area contributed by atoms with E-state index in [1.807, 2.05) is 0 Å². The number of ketones is 1. The maximum absolute atomic E-state index is 11.5. The zero-order chi connectivity index (χ0) is 11.8. The Morgan fingerprint density at radius 2 is 2.19 bits per heavy atom. The topological polar surface area (TPSA) is 38.8 Å². The molecular formula is C12H23NO3. The molecular weight excluding hydrogens is 206 g/mol. The van der Waals surface area contributed by atoms with Crippen molar-refractivity contribution in [3.8, 4) is 0 Å². The van der Waals surface area contributed by atoms with Crippen LogP contribution in [0, 0.1) is 5.92 Å². The maximum atomic E-state index is 11.5. The van der Waals surface area contributed by atoms with Crippen molar-refractivity contribution in [1.29, 1.82) is 0 Å². The second-order valence-corrected chi connectivity index (χ2v) is 4.23. The first-order valence-electron chi connectivity index (χ1n) is 6.09. The number of hydrogen-bond donors (Lipinski definition) is 0. The van der Waals surface area contributed by atoms with Gasteiger partial charge in [-0.25, -0.2) is 0 Å². The standard InChI is InChI=1S/C12H23NO3/c1-3-11-10-13(5-4-12(11)14)6-7-16-9-8-15-2/h11H,3-10H2,1-2H3. The third-order valence-electron chi connectivity index (χ3n) is 3.08. The van der Waals surface area contributed by atoms with Gasteiger partial charge < -0.3 is 9.47 Å². The number of piperidine rings is 1. The fourth-order valence-corrected chi connectivity index (χ4v) is 1.98. The Bertz CT molecular complexity index is 208. The third kappa shape index (κ3) is 4.60. The summed E-state index contributed by atoms with van der Waals surface area (Å²) in [5, 5.41) is 0. The number of likely N-dealkylation sites (tertiary alicyclic amines) is 1. The molecule has 4 nitrogen and oxygen atoms in total. The Morgan fingerprint density at radius 1 is 1.38 bits per heavy atom. The van der Waals surface area contributed by atoms with Gasteiger partial charge in [0.15, 0.2) is 0 Å². The molecule has 0 aromatic carbocycles. The van der Waals surface area contributed by atoms with Crippen LogP contribution in [0.4, 0.5) is 0 Å². The molecule has 0 radical (unpaired) electrons. The molecule has 1 aliphatic heterocycles. The van der Waals surface area contributed by atoms with E-state index in [0.717, 1.165) is 32.7 Å².